The minimum Gasteiger partial charge on any atom is -0.421 e. The van der Waals surface area contributed by atoms with Gasteiger partial charge >= 0.3 is 0 Å². The van der Waals surface area contributed by atoms with Crippen molar-refractivity contribution in [1.82, 2.24) is 20.1 Å². The van der Waals surface area contributed by atoms with Gasteiger partial charge in [-0.3, -0.25) is 9.59 Å². The molecule has 2 heterocycles. The fourth-order valence-corrected chi connectivity index (χ4v) is 2.34. The maximum absolute atomic E-state index is 13.6. The molecule has 0 aliphatic heterocycles. The monoisotopic (exact) mass is 356 g/mol. The van der Waals surface area contributed by atoms with Crippen LogP contribution in [0.15, 0.2) is 51.8 Å². The molecule has 0 aliphatic rings. The van der Waals surface area contributed by atoms with Crippen LogP contribution in [0, 0.1) is 5.82 Å². The molecule has 0 spiro atoms. The van der Waals surface area contributed by atoms with Crippen LogP contribution in [0.3, 0.4) is 0 Å². The Labute approximate surface area is 148 Å². The summed E-state index contributed by atoms with van der Waals surface area (Å²) in [6, 6.07) is 9.06. The highest BCUT2D eigenvalue weighted by Gasteiger charge is 2.11. The lowest BCUT2D eigenvalue weighted by Gasteiger charge is -2.08. The SMILES string of the molecule is CCc1nnc(-c2ccc(=O)n(CC(=O)NCc3ccccc3F)c2)o1. The molecule has 0 unspecified atom stereocenters. The fraction of sp³-hybridized carbons (Fsp3) is 0.222. The van der Waals surface area contributed by atoms with Crippen LogP contribution >= 0.6 is 0 Å². The molecule has 0 saturated carbocycles. The predicted molar refractivity (Wildman–Crippen MR) is 91.6 cm³/mol. The van der Waals surface area contributed by atoms with Gasteiger partial charge in [0.1, 0.15) is 12.4 Å². The number of aryl methyl sites for hydroxylation is 1. The van der Waals surface area contributed by atoms with Crippen molar-refractivity contribution in [2.75, 3.05) is 0 Å². The molecule has 26 heavy (non-hydrogen) atoms. The van der Waals surface area contributed by atoms with Crippen molar-refractivity contribution in [3.8, 4) is 11.5 Å². The van der Waals surface area contributed by atoms with E-state index >= 15 is 0 Å². The number of pyridine rings is 1. The quantitative estimate of drug-likeness (QED) is 0.729. The number of aromatic nitrogens is 3. The van der Waals surface area contributed by atoms with Crippen molar-refractivity contribution in [2.45, 2.75) is 26.4 Å². The molecule has 0 fully saturated rings. The van der Waals surface area contributed by atoms with E-state index in [0.717, 1.165) is 0 Å². The zero-order valence-corrected chi connectivity index (χ0v) is 14.1. The lowest BCUT2D eigenvalue weighted by atomic mass is 10.2. The number of rotatable bonds is 6. The van der Waals surface area contributed by atoms with Crippen LogP contribution in [0.4, 0.5) is 4.39 Å². The Balaban J connectivity index is 1.70. The highest BCUT2D eigenvalue weighted by atomic mass is 19.1. The Morgan fingerprint density at radius 3 is 2.77 bits per heavy atom. The molecular weight excluding hydrogens is 339 g/mol. The normalized spacial score (nSPS) is 10.7. The van der Waals surface area contributed by atoms with Crippen LogP contribution < -0.4 is 10.9 Å². The van der Waals surface area contributed by atoms with E-state index in [2.05, 4.69) is 15.5 Å². The lowest BCUT2D eigenvalue weighted by molar-refractivity contribution is -0.121. The Bertz CT molecular complexity index is 980. The lowest BCUT2D eigenvalue weighted by Crippen LogP contribution is -2.31. The molecule has 0 radical (unpaired) electrons. The maximum atomic E-state index is 13.6. The molecular formula is C18H17FN4O3. The van der Waals surface area contributed by atoms with Gasteiger partial charge in [0.15, 0.2) is 0 Å². The smallest absolute Gasteiger partial charge is 0.251 e. The summed E-state index contributed by atoms with van der Waals surface area (Å²) >= 11 is 0. The van der Waals surface area contributed by atoms with Crippen LogP contribution in [0.2, 0.25) is 0 Å². The Hall–Kier alpha value is -3.29. The first-order valence-electron chi connectivity index (χ1n) is 8.10. The number of hydrogen-bond acceptors (Lipinski definition) is 5. The van der Waals surface area contributed by atoms with E-state index in [1.807, 2.05) is 6.92 Å². The fourth-order valence-electron chi connectivity index (χ4n) is 2.34. The molecule has 0 atom stereocenters. The molecule has 134 valence electrons. The van der Waals surface area contributed by atoms with Crippen molar-refractivity contribution in [2.24, 2.45) is 0 Å². The summed E-state index contributed by atoms with van der Waals surface area (Å²) in [6.45, 7) is 1.73. The van der Waals surface area contributed by atoms with Gasteiger partial charge in [0.25, 0.3) is 5.56 Å². The molecule has 1 N–H and O–H groups in total. The van der Waals surface area contributed by atoms with Crippen LogP contribution in [0.1, 0.15) is 18.4 Å². The highest BCUT2D eigenvalue weighted by molar-refractivity contribution is 5.75. The first-order chi connectivity index (χ1) is 12.6. The van der Waals surface area contributed by atoms with Gasteiger partial charge < -0.3 is 14.3 Å². The largest absolute Gasteiger partial charge is 0.421 e. The zero-order chi connectivity index (χ0) is 18.5. The number of hydrogen-bond donors (Lipinski definition) is 1. The second-order valence-corrected chi connectivity index (χ2v) is 5.61. The summed E-state index contributed by atoms with van der Waals surface area (Å²) in [5, 5.41) is 10.4. The van der Waals surface area contributed by atoms with E-state index in [4.69, 9.17) is 4.42 Å². The number of benzene rings is 1. The van der Waals surface area contributed by atoms with Crippen LogP contribution in [-0.2, 0) is 24.3 Å². The molecule has 1 amide bonds. The van der Waals surface area contributed by atoms with E-state index < -0.39 is 11.7 Å². The minimum atomic E-state index is -0.410. The minimum absolute atomic E-state index is 0.0451. The Morgan fingerprint density at radius 2 is 2.04 bits per heavy atom. The van der Waals surface area contributed by atoms with Crippen molar-refractivity contribution in [1.29, 1.82) is 0 Å². The second kappa shape index (κ2) is 7.73. The number of nitrogens with one attached hydrogen (secondary N) is 1. The van der Waals surface area contributed by atoms with Crippen molar-refractivity contribution in [3.05, 3.63) is 70.2 Å². The summed E-state index contributed by atoms with van der Waals surface area (Å²) in [7, 11) is 0. The van der Waals surface area contributed by atoms with Gasteiger partial charge in [-0.25, -0.2) is 4.39 Å². The van der Waals surface area contributed by atoms with Gasteiger partial charge in [0, 0.05) is 30.8 Å². The average molecular weight is 356 g/mol. The number of carbonyl (C=O) groups excluding carboxylic acids is 1. The summed E-state index contributed by atoms with van der Waals surface area (Å²) in [6.07, 6.45) is 2.09. The van der Waals surface area contributed by atoms with E-state index in [9.17, 15) is 14.0 Å². The summed E-state index contributed by atoms with van der Waals surface area (Å²) in [4.78, 5) is 24.1. The van der Waals surface area contributed by atoms with Crippen molar-refractivity contribution >= 4 is 5.91 Å². The van der Waals surface area contributed by atoms with Gasteiger partial charge in [-0.15, -0.1) is 10.2 Å². The number of amides is 1. The van der Waals surface area contributed by atoms with Crippen molar-refractivity contribution < 1.29 is 13.6 Å². The molecule has 0 bridgehead atoms. The van der Waals surface area contributed by atoms with E-state index in [-0.39, 0.29) is 24.5 Å². The third-order valence-electron chi connectivity index (χ3n) is 3.75. The topological polar surface area (TPSA) is 90.0 Å². The zero-order valence-electron chi connectivity index (χ0n) is 14.1. The molecule has 0 aliphatic carbocycles. The second-order valence-electron chi connectivity index (χ2n) is 5.61. The molecule has 8 heteroatoms. The van der Waals surface area contributed by atoms with E-state index in [0.29, 0.717) is 23.4 Å². The number of nitrogens with zero attached hydrogens (tertiary/aromatic N) is 3. The molecule has 2 aromatic heterocycles. The number of carbonyl (C=O) groups is 1. The summed E-state index contributed by atoms with van der Waals surface area (Å²) < 4.78 is 20.3. The van der Waals surface area contributed by atoms with E-state index in [1.165, 1.54) is 22.9 Å². The van der Waals surface area contributed by atoms with Crippen LogP contribution in [0.25, 0.3) is 11.5 Å². The van der Waals surface area contributed by atoms with E-state index in [1.54, 1.807) is 24.3 Å². The molecule has 7 nitrogen and oxygen atoms in total. The third kappa shape index (κ3) is 4.02. The predicted octanol–water partition coefficient (Wildman–Crippen LogP) is 1.92. The van der Waals surface area contributed by atoms with Gasteiger partial charge in [0.05, 0.1) is 5.56 Å². The first kappa shape index (κ1) is 17.5. The highest BCUT2D eigenvalue weighted by Crippen LogP contribution is 2.16. The first-order valence-corrected chi connectivity index (χ1v) is 8.10. The van der Waals surface area contributed by atoms with Gasteiger partial charge in [-0.05, 0) is 12.1 Å². The maximum Gasteiger partial charge on any atom is 0.251 e. The standard InChI is InChI=1S/C18H17FN4O3/c1-2-16-21-22-18(26-16)13-7-8-17(25)23(10-13)11-15(24)20-9-12-5-3-4-6-14(12)19/h3-8,10H,2,9,11H2,1H3,(H,20,24). The summed E-state index contributed by atoms with van der Waals surface area (Å²) in [5.74, 6) is -0.0369. The van der Waals surface area contributed by atoms with Crippen molar-refractivity contribution in [3.63, 3.8) is 0 Å². The Morgan fingerprint density at radius 1 is 1.23 bits per heavy atom. The summed E-state index contributed by atoms with van der Waals surface area (Å²) in [5.41, 5.74) is 0.573. The van der Waals surface area contributed by atoms with Gasteiger partial charge in [-0.2, -0.15) is 0 Å². The van der Waals surface area contributed by atoms with Gasteiger partial charge in [0.2, 0.25) is 17.7 Å². The molecule has 3 rings (SSSR count). The number of halogens is 1. The average Bonchev–Trinajstić information content (AvgIpc) is 3.12. The van der Waals surface area contributed by atoms with Gasteiger partial charge in [-0.1, -0.05) is 25.1 Å². The molecule has 0 saturated heterocycles. The van der Waals surface area contributed by atoms with Crippen LogP contribution in [0.5, 0.6) is 0 Å². The molecule has 1 aromatic carbocycles. The molecule has 3 aromatic rings. The van der Waals surface area contributed by atoms with Crippen LogP contribution in [-0.4, -0.2) is 20.7 Å². The Kier molecular flexibility index (Phi) is 5.21. The third-order valence-corrected chi connectivity index (χ3v) is 3.75.